The van der Waals surface area contributed by atoms with Crippen molar-refractivity contribution in [2.45, 2.75) is 49.2 Å². The summed E-state index contributed by atoms with van der Waals surface area (Å²) in [4.78, 5) is 33.1. The number of fused-ring (bicyclic) bond motifs is 1. The average Bonchev–Trinajstić information content (AvgIpc) is 3.59. The summed E-state index contributed by atoms with van der Waals surface area (Å²) in [6.07, 6.45) is 7.66. The van der Waals surface area contributed by atoms with E-state index in [1.165, 1.54) is 12.8 Å². The van der Waals surface area contributed by atoms with E-state index in [2.05, 4.69) is 25.7 Å². The van der Waals surface area contributed by atoms with Crippen LogP contribution in [0.5, 0.6) is 0 Å². The number of hydrogen-bond acceptors (Lipinski definition) is 5. The number of amides is 2. The van der Waals surface area contributed by atoms with Crippen LogP contribution in [0.2, 0.25) is 0 Å². The van der Waals surface area contributed by atoms with Gasteiger partial charge in [-0.3, -0.25) is 14.3 Å². The third kappa shape index (κ3) is 5.31. The second-order valence-electron chi connectivity index (χ2n) is 8.43. The van der Waals surface area contributed by atoms with Crippen molar-refractivity contribution in [3.05, 3.63) is 72.1 Å². The summed E-state index contributed by atoms with van der Waals surface area (Å²) in [6, 6.07) is 15.7. The quantitative estimate of drug-likeness (QED) is 0.329. The summed E-state index contributed by atoms with van der Waals surface area (Å²) in [5, 5.41) is 11.0. The van der Waals surface area contributed by atoms with Gasteiger partial charge in [0, 0.05) is 23.6 Å². The Labute approximate surface area is 201 Å². The number of para-hydroxylation sites is 2. The van der Waals surface area contributed by atoms with Crippen LogP contribution in [-0.2, 0) is 17.1 Å². The summed E-state index contributed by atoms with van der Waals surface area (Å²) in [7, 11) is 0. The number of aromatic nitrogens is 4. The van der Waals surface area contributed by atoms with Crippen LogP contribution in [0.4, 0.5) is 5.69 Å². The lowest BCUT2D eigenvalue weighted by Crippen LogP contribution is -2.35. The molecule has 0 radical (unpaired) electrons. The maximum absolute atomic E-state index is 13.0. The first-order valence-corrected chi connectivity index (χ1v) is 12.4. The lowest BCUT2D eigenvalue weighted by molar-refractivity contribution is -0.122. The molecule has 0 bridgehead atoms. The van der Waals surface area contributed by atoms with Crippen LogP contribution in [0.15, 0.2) is 66.1 Å². The summed E-state index contributed by atoms with van der Waals surface area (Å²) in [6.45, 7) is 0.136. The van der Waals surface area contributed by atoms with Gasteiger partial charge in [0.05, 0.1) is 22.9 Å². The molecule has 4 aromatic rings. The first-order chi connectivity index (χ1) is 16.6. The van der Waals surface area contributed by atoms with Crippen molar-refractivity contribution < 1.29 is 9.59 Å². The second kappa shape index (κ2) is 10.1. The number of benzene rings is 2. The van der Waals surface area contributed by atoms with Gasteiger partial charge in [0.25, 0.3) is 5.91 Å². The van der Waals surface area contributed by atoms with E-state index in [-0.39, 0.29) is 24.4 Å². The Bertz CT molecular complexity index is 1270. The van der Waals surface area contributed by atoms with Gasteiger partial charge < -0.3 is 15.6 Å². The number of hydrogen-bond donors (Lipinski definition) is 3. The summed E-state index contributed by atoms with van der Waals surface area (Å²) in [5.74, 6) is 0.334. The first kappa shape index (κ1) is 22.2. The van der Waals surface area contributed by atoms with Crippen molar-refractivity contribution in [3.8, 4) is 0 Å². The van der Waals surface area contributed by atoms with E-state index in [1.807, 2.05) is 48.5 Å². The van der Waals surface area contributed by atoms with Crippen molar-refractivity contribution >= 4 is 40.3 Å². The Morgan fingerprint density at radius 2 is 1.88 bits per heavy atom. The van der Waals surface area contributed by atoms with E-state index in [0.717, 1.165) is 34.6 Å². The zero-order chi connectivity index (χ0) is 23.3. The Morgan fingerprint density at radius 3 is 2.74 bits per heavy atom. The van der Waals surface area contributed by atoms with Crippen LogP contribution in [0, 0.1) is 0 Å². The molecular formula is C25H26N6O2S. The van der Waals surface area contributed by atoms with E-state index in [1.54, 1.807) is 28.8 Å². The highest BCUT2D eigenvalue weighted by Crippen LogP contribution is 2.25. The molecule has 0 atom stereocenters. The lowest BCUT2D eigenvalue weighted by Gasteiger charge is -2.11. The molecule has 5 rings (SSSR count). The Balaban J connectivity index is 1.20. The van der Waals surface area contributed by atoms with Gasteiger partial charge in [0.2, 0.25) is 5.91 Å². The SMILES string of the molecule is O=C(Cn1cc(NC(=O)c2ccccc2CSc2nc3ccccc3[nH]2)cn1)NC1CCCC1. The predicted octanol–water partition coefficient (Wildman–Crippen LogP) is 4.36. The van der Waals surface area contributed by atoms with E-state index >= 15 is 0 Å². The number of nitrogens with one attached hydrogen (secondary N) is 3. The molecule has 1 aliphatic carbocycles. The van der Waals surface area contributed by atoms with Gasteiger partial charge in [-0.2, -0.15) is 5.10 Å². The van der Waals surface area contributed by atoms with Gasteiger partial charge in [-0.1, -0.05) is 54.9 Å². The molecule has 0 spiro atoms. The third-order valence-electron chi connectivity index (χ3n) is 5.91. The highest BCUT2D eigenvalue weighted by atomic mass is 32.2. The van der Waals surface area contributed by atoms with Gasteiger partial charge in [-0.15, -0.1) is 0 Å². The molecule has 2 heterocycles. The van der Waals surface area contributed by atoms with Crippen LogP contribution in [-0.4, -0.2) is 37.6 Å². The van der Waals surface area contributed by atoms with Crippen LogP contribution in [0.3, 0.4) is 0 Å². The number of carbonyl (C=O) groups is 2. The van der Waals surface area contributed by atoms with Crippen LogP contribution < -0.4 is 10.6 Å². The molecule has 0 aliphatic heterocycles. The van der Waals surface area contributed by atoms with E-state index in [0.29, 0.717) is 17.0 Å². The smallest absolute Gasteiger partial charge is 0.256 e. The highest BCUT2D eigenvalue weighted by molar-refractivity contribution is 7.98. The molecule has 2 aromatic heterocycles. The topological polar surface area (TPSA) is 105 Å². The molecule has 1 fully saturated rings. The van der Waals surface area contributed by atoms with Gasteiger partial charge >= 0.3 is 0 Å². The van der Waals surface area contributed by atoms with Gasteiger partial charge in [-0.05, 0) is 36.6 Å². The summed E-state index contributed by atoms with van der Waals surface area (Å²) >= 11 is 1.55. The molecule has 174 valence electrons. The van der Waals surface area contributed by atoms with Crippen molar-refractivity contribution in [2.75, 3.05) is 5.32 Å². The monoisotopic (exact) mass is 474 g/mol. The number of thioether (sulfide) groups is 1. The van der Waals surface area contributed by atoms with Crippen LogP contribution in [0.1, 0.15) is 41.6 Å². The van der Waals surface area contributed by atoms with Crippen molar-refractivity contribution in [3.63, 3.8) is 0 Å². The number of aromatic amines is 1. The number of H-pyrrole nitrogens is 1. The Kier molecular flexibility index (Phi) is 6.62. The molecule has 1 aliphatic rings. The fraction of sp³-hybridized carbons (Fsp3) is 0.280. The van der Waals surface area contributed by atoms with E-state index in [9.17, 15) is 9.59 Å². The molecule has 2 amide bonds. The standard InChI is InChI=1S/C25H26N6O2S/c32-23(27-18-8-2-3-9-18)15-31-14-19(13-26-31)28-24(33)20-10-4-1-7-17(20)16-34-25-29-21-11-5-6-12-22(21)30-25/h1,4-7,10-14,18H,2-3,8-9,15-16H2,(H,27,32)(H,28,33)(H,29,30). The molecule has 8 nitrogen and oxygen atoms in total. The fourth-order valence-corrected chi connectivity index (χ4v) is 5.10. The zero-order valence-corrected chi connectivity index (χ0v) is 19.5. The average molecular weight is 475 g/mol. The molecule has 0 unspecified atom stereocenters. The zero-order valence-electron chi connectivity index (χ0n) is 18.7. The third-order valence-corrected chi connectivity index (χ3v) is 6.83. The Hall–Kier alpha value is -3.59. The number of nitrogens with zero attached hydrogens (tertiary/aromatic N) is 3. The Morgan fingerprint density at radius 1 is 1.09 bits per heavy atom. The van der Waals surface area contributed by atoms with Crippen molar-refractivity contribution in [1.82, 2.24) is 25.1 Å². The minimum atomic E-state index is -0.212. The maximum atomic E-state index is 13.0. The maximum Gasteiger partial charge on any atom is 0.256 e. The fourth-order valence-electron chi connectivity index (χ4n) is 4.22. The van der Waals surface area contributed by atoms with Crippen LogP contribution in [0.25, 0.3) is 11.0 Å². The van der Waals surface area contributed by atoms with E-state index in [4.69, 9.17) is 0 Å². The summed E-state index contributed by atoms with van der Waals surface area (Å²) < 4.78 is 1.54. The normalized spacial score (nSPS) is 13.9. The number of anilines is 1. The van der Waals surface area contributed by atoms with Gasteiger partial charge in [0.1, 0.15) is 6.54 Å². The molecule has 3 N–H and O–H groups in total. The second-order valence-corrected chi connectivity index (χ2v) is 9.40. The van der Waals surface area contributed by atoms with Crippen molar-refractivity contribution in [1.29, 1.82) is 0 Å². The van der Waals surface area contributed by atoms with Gasteiger partial charge in [-0.25, -0.2) is 4.98 Å². The van der Waals surface area contributed by atoms with Crippen LogP contribution >= 0.6 is 11.8 Å². The summed E-state index contributed by atoms with van der Waals surface area (Å²) in [5.41, 5.74) is 3.97. The number of rotatable bonds is 8. The molecule has 9 heteroatoms. The van der Waals surface area contributed by atoms with Crippen molar-refractivity contribution in [2.24, 2.45) is 0 Å². The number of carbonyl (C=O) groups excluding carboxylic acids is 2. The molecule has 2 aromatic carbocycles. The molecule has 34 heavy (non-hydrogen) atoms. The predicted molar refractivity (Wildman–Crippen MR) is 133 cm³/mol. The minimum Gasteiger partial charge on any atom is -0.352 e. The lowest BCUT2D eigenvalue weighted by atomic mass is 10.1. The number of imidazole rings is 1. The molecule has 0 saturated heterocycles. The van der Waals surface area contributed by atoms with E-state index < -0.39 is 0 Å². The largest absolute Gasteiger partial charge is 0.352 e. The minimum absolute atomic E-state index is 0.0548. The highest BCUT2D eigenvalue weighted by Gasteiger charge is 2.18. The van der Waals surface area contributed by atoms with Gasteiger partial charge in [0.15, 0.2) is 5.16 Å². The molecular weight excluding hydrogens is 448 g/mol. The molecule has 1 saturated carbocycles. The first-order valence-electron chi connectivity index (χ1n) is 11.4.